The summed E-state index contributed by atoms with van der Waals surface area (Å²) >= 11 is 0. The molecule has 3 nitrogen and oxygen atoms in total. The van der Waals surface area contributed by atoms with E-state index in [1.54, 1.807) is 6.55 Å². The maximum atomic E-state index is 9.24. The van der Waals surface area contributed by atoms with E-state index in [0.717, 1.165) is 0 Å². The van der Waals surface area contributed by atoms with Gasteiger partial charge in [0, 0.05) is 0 Å². The van der Waals surface area contributed by atoms with Gasteiger partial charge in [-0.05, 0) is 6.55 Å². The zero-order valence-electron chi connectivity index (χ0n) is 2.97. The quantitative estimate of drug-likeness (QED) is 0.245. The van der Waals surface area contributed by atoms with Crippen LogP contribution in [0.5, 0.6) is 0 Å². The van der Waals surface area contributed by atoms with Gasteiger partial charge < -0.3 is 0 Å². The van der Waals surface area contributed by atoms with Crippen molar-refractivity contribution in [1.82, 2.24) is 0 Å². The van der Waals surface area contributed by atoms with Crippen LogP contribution in [0.1, 0.15) is 0 Å². The third-order valence-electron chi connectivity index (χ3n) is 0.258. The van der Waals surface area contributed by atoms with Crippen LogP contribution >= 0.6 is 0 Å². The molecule has 5 heavy (non-hydrogen) atoms. The van der Waals surface area contributed by atoms with Crippen molar-refractivity contribution in [3.63, 3.8) is 0 Å². The monoisotopic (exact) mass is 91.0 g/mol. The summed E-state index contributed by atoms with van der Waals surface area (Å²) in [6.45, 7) is 1.64. The lowest BCUT2D eigenvalue weighted by Gasteiger charge is -1.74. The van der Waals surface area contributed by atoms with Gasteiger partial charge >= 0.3 is 9.68 Å². The number of hydrogen-bond acceptors (Lipinski definition) is 2. The molecule has 4 heteroatoms. The SMILES string of the molecule is C[SiH2][N+](=O)[O-]. The zero-order chi connectivity index (χ0) is 4.28. The van der Waals surface area contributed by atoms with Gasteiger partial charge in [0.25, 0.3) is 0 Å². The summed E-state index contributed by atoms with van der Waals surface area (Å²) in [4.78, 5) is 9.24. The molecule has 0 amide bonds. The topological polar surface area (TPSA) is 43.1 Å². The molecule has 0 N–H and O–H groups in total. The van der Waals surface area contributed by atoms with Gasteiger partial charge in [0.1, 0.15) is 0 Å². The van der Waals surface area contributed by atoms with Crippen molar-refractivity contribution in [2.45, 2.75) is 6.55 Å². The third-order valence-corrected chi connectivity index (χ3v) is 0.775. The summed E-state index contributed by atoms with van der Waals surface area (Å²) in [6.07, 6.45) is 0. The molecule has 0 aromatic rings. The Kier molecular flexibility index (Phi) is 1.75. The number of nitrogens with zero attached hydrogens (tertiary/aromatic N) is 1. The van der Waals surface area contributed by atoms with Crippen LogP contribution in [-0.2, 0) is 0 Å². The van der Waals surface area contributed by atoms with Crippen molar-refractivity contribution in [2.24, 2.45) is 0 Å². The fourth-order valence-corrected chi connectivity index (χ4v) is 0. The molecule has 0 unspecified atom stereocenters. The van der Waals surface area contributed by atoms with E-state index in [9.17, 15) is 10.1 Å². The second-order valence-electron chi connectivity index (χ2n) is 0.649. The summed E-state index contributed by atoms with van der Waals surface area (Å²) in [6, 6.07) is 0. The van der Waals surface area contributed by atoms with Crippen molar-refractivity contribution in [1.29, 1.82) is 0 Å². The van der Waals surface area contributed by atoms with Gasteiger partial charge in [0.2, 0.25) is 0 Å². The minimum Gasteiger partial charge on any atom is -0.290 e. The Bertz CT molecular complexity index is 44.9. The predicted octanol–water partition coefficient (Wildman–Crippen LogP) is -0.605. The molecule has 0 saturated heterocycles. The first-order chi connectivity index (χ1) is 2.27. The van der Waals surface area contributed by atoms with Crippen LogP contribution in [0.15, 0.2) is 0 Å². The first-order valence-corrected chi connectivity index (χ1v) is 3.44. The maximum absolute atomic E-state index is 9.24. The van der Waals surface area contributed by atoms with E-state index in [1.807, 2.05) is 0 Å². The van der Waals surface area contributed by atoms with E-state index in [2.05, 4.69) is 0 Å². The number of hydrogen-bond donors (Lipinski definition) is 0. The van der Waals surface area contributed by atoms with Gasteiger partial charge in [-0.2, -0.15) is 0 Å². The Balaban J connectivity index is 2.85. The van der Waals surface area contributed by atoms with Gasteiger partial charge in [-0.3, -0.25) is 10.1 Å². The van der Waals surface area contributed by atoms with Crippen molar-refractivity contribution < 1.29 is 4.59 Å². The molecule has 0 fully saturated rings. The van der Waals surface area contributed by atoms with Crippen LogP contribution in [0.3, 0.4) is 0 Å². The molecule has 0 aliphatic heterocycles. The molecular formula is CH5NO2Si. The molecule has 0 rings (SSSR count). The molecular weight excluding hydrogens is 86.1 g/mol. The molecule has 0 aliphatic carbocycles. The van der Waals surface area contributed by atoms with E-state index in [1.165, 1.54) is 0 Å². The van der Waals surface area contributed by atoms with Gasteiger partial charge in [0.05, 0.1) is 0 Å². The molecule has 0 saturated carbocycles. The molecule has 0 heterocycles. The van der Waals surface area contributed by atoms with Gasteiger partial charge in [-0.25, -0.2) is 0 Å². The highest BCUT2D eigenvalue weighted by atomic mass is 28.2. The largest absolute Gasteiger partial charge is 0.395 e. The van der Waals surface area contributed by atoms with E-state index < -0.39 is 9.68 Å². The lowest BCUT2D eigenvalue weighted by Crippen LogP contribution is -1.97. The van der Waals surface area contributed by atoms with Crippen LogP contribution in [0.2, 0.25) is 6.55 Å². The standard InChI is InChI=1S/CH5NO2Si/c1-5-2(3)4/h5H2,1H3. The minimum atomic E-state index is -0.929. The minimum absolute atomic E-state index is 0.236. The molecule has 0 radical (unpaired) electrons. The lowest BCUT2D eigenvalue weighted by molar-refractivity contribution is -0.320. The lowest BCUT2D eigenvalue weighted by atomic mass is 11.9. The second kappa shape index (κ2) is 1.89. The molecule has 0 aromatic heterocycles. The number of rotatable bonds is 1. The van der Waals surface area contributed by atoms with Crippen molar-refractivity contribution in [3.8, 4) is 0 Å². The molecule has 30 valence electrons. The maximum Gasteiger partial charge on any atom is 0.395 e. The summed E-state index contributed by atoms with van der Waals surface area (Å²) in [7, 11) is -0.929. The van der Waals surface area contributed by atoms with E-state index in [-0.39, 0.29) is 4.59 Å². The van der Waals surface area contributed by atoms with Crippen LogP contribution < -0.4 is 0 Å². The molecule has 0 spiro atoms. The summed E-state index contributed by atoms with van der Waals surface area (Å²) in [5.74, 6) is 0. The van der Waals surface area contributed by atoms with Gasteiger partial charge in [0.15, 0.2) is 0 Å². The first-order valence-electron chi connectivity index (χ1n) is 1.39. The van der Waals surface area contributed by atoms with Crippen molar-refractivity contribution in [2.75, 3.05) is 0 Å². The average Bonchev–Trinajstić information content (AvgIpc) is 1.38. The summed E-state index contributed by atoms with van der Waals surface area (Å²) < 4.78 is -0.236. The Morgan fingerprint density at radius 3 is 2.20 bits per heavy atom. The van der Waals surface area contributed by atoms with Crippen LogP contribution in [0.25, 0.3) is 0 Å². The van der Waals surface area contributed by atoms with Crippen molar-refractivity contribution >= 4 is 9.68 Å². The van der Waals surface area contributed by atoms with E-state index >= 15 is 0 Å². The Morgan fingerprint density at radius 2 is 2.20 bits per heavy atom. The Morgan fingerprint density at radius 1 is 2.00 bits per heavy atom. The van der Waals surface area contributed by atoms with Crippen LogP contribution in [0.4, 0.5) is 0 Å². The highest BCUT2D eigenvalue weighted by Gasteiger charge is 1.81. The van der Waals surface area contributed by atoms with Crippen LogP contribution in [0, 0.1) is 10.1 Å². The van der Waals surface area contributed by atoms with Gasteiger partial charge in [-0.1, -0.05) is 4.59 Å². The normalized spacial score (nSPS) is 9.80. The number of nitro groups is 1. The fourth-order valence-electron chi connectivity index (χ4n) is 0. The highest BCUT2D eigenvalue weighted by Crippen LogP contribution is 1.53. The molecule has 0 atom stereocenters. The summed E-state index contributed by atoms with van der Waals surface area (Å²) in [5.41, 5.74) is 0. The molecule has 0 bridgehead atoms. The fraction of sp³-hybridized carbons (Fsp3) is 1.00. The Hall–Kier alpha value is -0.383. The Labute approximate surface area is 32.0 Å². The third kappa shape index (κ3) is 3.62. The average molecular weight is 91.1 g/mol. The second-order valence-corrected chi connectivity index (χ2v) is 1.80. The molecule has 0 aromatic carbocycles. The highest BCUT2D eigenvalue weighted by molar-refractivity contribution is 6.22. The predicted molar refractivity (Wildman–Crippen MR) is 21.4 cm³/mol. The molecule has 0 aliphatic rings. The van der Waals surface area contributed by atoms with E-state index in [4.69, 9.17) is 0 Å². The van der Waals surface area contributed by atoms with Gasteiger partial charge in [-0.15, -0.1) is 0 Å². The zero-order valence-corrected chi connectivity index (χ0v) is 4.39. The van der Waals surface area contributed by atoms with E-state index in [0.29, 0.717) is 0 Å². The summed E-state index contributed by atoms with van der Waals surface area (Å²) in [5, 5.41) is 9.24. The van der Waals surface area contributed by atoms with Crippen LogP contribution in [-0.4, -0.2) is 14.3 Å². The smallest absolute Gasteiger partial charge is 0.290 e. The van der Waals surface area contributed by atoms with Crippen molar-refractivity contribution in [3.05, 3.63) is 10.1 Å². The first kappa shape index (κ1) is 4.62.